The minimum Gasteiger partial charge on any atom is -0.465 e. The Labute approximate surface area is 312 Å². The van der Waals surface area contributed by atoms with E-state index in [0.717, 1.165) is 6.92 Å². The molecule has 2 heterocycles. The number of aromatic nitrogens is 1. The second-order valence-corrected chi connectivity index (χ2v) is 14.6. The smallest absolute Gasteiger partial charge is 0.340 e. The monoisotopic (exact) mass is 741 g/mol. The number of carbonyl (C=O) groups is 5. The van der Waals surface area contributed by atoms with Crippen molar-refractivity contribution in [3.63, 3.8) is 0 Å². The number of esters is 5. The predicted octanol–water partition coefficient (Wildman–Crippen LogP) is 4.66. The number of hydrogen-bond acceptors (Lipinski definition) is 13. The molecule has 13 nitrogen and oxygen atoms in total. The zero-order chi connectivity index (χ0) is 38.9. The normalized spacial score (nSPS) is 30.7. The molecule has 2 bridgehead atoms. The molecule has 0 amide bonds. The number of benzene rings is 2. The van der Waals surface area contributed by atoms with E-state index in [4.69, 9.17) is 28.4 Å². The van der Waals surface area contributed by atoms with Crippen molar-refractivity contribution in [3.8, 4) is 0 Å². The van der Waals surface area contributed by atoms with Crippen molar-refractivity contribution >= 4 is 35.9 Å². The molecule has 1 N–H and O–H groups in total. The van der Waals surface area contributed by atoms with Gasteiger partial charge in [-0.1, -0.05) is 48.5 Å². The van der Waals surface area contributed by atoms with E-state index in [1.165, 1.54) is 50.5 Å². The summed E-state index contributed by atoms with van der Waals surface area (Å²) in [4.78, 5) is 71.8. The van der Waals surface area contributed by atoms with E-state index in [1.807, 2.05) is 6.07 Å². The van der Waals surface area contributed by atoms with Crippen LogP contribution < -0.4 is 0 Å². The van der Waals surface area contributed by atoms with Crippen molar-refractivity contribution in [2.45, 2.75) is 88.7 Å². The van der Waals surface area contributed by atoms with Gasteiger partial charge >= 0.3 is 29.8 Å². The highest BCUT2D eigenvalue weighted by Gasteiger charge is 2.87. The molecule has 3 aliphatic rings. The van der Waals surface area contributed by atoms with Gasteiger partial charge in [0, 0.05) is 32.3 Å². The molecule has 2 aliphatic carbocycles. The lowest BCUT2D eigenvalue weighted by molar-refractivity contribution is -0.348. The van der Waals surface area contributed by atoms with Crippen LogP contribution in [0, 0.1) is 11.3 Å². The highest BCUT2D eigenvalue weighted by atomic mass is 16.6. The van der Waals surface area contributed by atoms with Crippen LogP contribution in [0.4, 0.5) is 0 Å². The molecule has 2 saturated carbocycles. The Kier molecular flexibility index (Phi) is 10.5. The molecule has 54 heavy (non-hydrogen) atoms. The maximum Gasteiger partial charge on any atom is 0.340 e. The molecule has 3 fully saturated rings. The third-order valence-corrected chi connectivity index (χ3v) is 10.7. The van der Waals surface area contributed by atoms with Crippen LogP contribution in [0.1, 0.15) is 73.7 Å². The van der Waals surface area contributed by atoms with Crippen molar-refractivity contribution in [1.29, 1.82) is 0 Å². The zero-order valence-electron chi connectivity index (χ0n) is 30.6. The summed E-state index contributed by atoms with van der Waals surface area (Å²) in [6, 6.07) is 20.1. The minimum absolute atomic E-state index is 0.0573. The van der Waals surface area contributed by atoms with E-state index in [0.29, 0.717) is 5.56 Å². The summed E-state index contributed by atoms with van der Waals surface area (Å²) in [6.45, 7) is 6.47. The van der Waals surface area contributed by atoms with Gasteiger partial charge in [0.25, 0.3) is 0 Å². The first-order chi connectivity index (χ1) is 25.6. The van der Waals surface area contributed by atoms with Crippen LogP contribution in [0.25, 0.3) is 6.08 Å². The molecule has 1 saturated heterocycles. The van der Waals surface area contributed by atoms with E-state index in [1.54, 1.807) is 68.5 Å². The van der Waals surface area contributed by atoms with Crippen LogP contribution in [0.15, 0.2) is 91.3 Å². The molecule has 284 valence electrons. The summed E-state index contributed by atoms with van der Waals surface area (Å²) in [7, 11) is 0. The number of carbonyl (C=O) groups excluding carboxylic acids is 5. The molecular formula is C41H43NO12. The summed E-state index contributed by atoms with van der Waals surface area (Å²) in [6.07, 6.45) is -0.518. The number of hydrogen-bond donors (Lipinski definition) is 1. The maximum atomic E-state index is 14.2. The summed E-state index contributed by atoms with van der Waals surface area (Å²) >= 11 is 0. The number of pyridine rings is 1. The summed E-state index contributed by atoms with van der Waals surface area (Å²) in [5, 5.41) is 12.6. The number of rotatable bonds is 10. The van der Waals surface area contributed by atoms with Gasteiger partial charge < -0.3 is 33.5 Å². The van der Waals surface area contributed by atoms with Crippen LogP contribution in [0.5, 0.6) is 0 Å². The third kappa shape index (κ3) is 6.77. The number of nitrogens with zero attached hydrogens (tertiary/aromatic N) is 1. The SMILES string of the molecule is CC(=O)OC[C@@]12[C@@H](OC(=O)/C=C\c3ccccc3)CC[C@](C)(O)[C@]13OC(C)(C)[C@H]([C@H](OC(=O)c1cccnc1)[C@H]2OC(=O)c1ccccc1)[C@H]3OC(C)=O. The quantitative estimate of drug-likeness (QED) is 0.173. The van der Waals surface area contributed by atoms with Crippen LogP contribution in [0.2, 0.25) is 0 Å². The van der Waals surface area contributed by atoms with Gasteiger partial charge in [-0.15, -0.1) is 0 Å². The van der Waals surface area contributed by atoms with Gasteiger partial charge in [0.2, 0.25) is 0 Å². The highest BCUT2D eigenvalue weighted by molar-refractivity contribution is 5.90. The molecule has 8 atom stereocenters. The van der Waals surface area contributed by atoms with Crippen LogP contribution in [-0.4, -0.2) is 87.8 Å². The Morgan fingerprint density at radius 3 is 2.09 bits per heavy atom. The lowest BCUT2D eigenvalue weighted by Gasteiger charge is -2.65. The van der Waals surface area contributed by atoms with Crippen molar-refractivity contribution in [2.75, 3.05) is 6.61 Å². The fraction of sp³-hybridized carbons (Fsp3) is 0.415. The van der Waals surface area contributed by atoms with Crippen molar-refractivity contribution < 1.29 is 57.5 Å². The first kappa shape index (κ1) is 38.3. The number of aliphatic hydroxyl groups is 1. The Morgan fingerprint density at radius 1 is 0.815 bits per heavy atom. The van der Waals surface area contributed by atoms with Gasteiger partial charge in [-0.05, 0) is 69.5 Å². The molecule has 6 rings (SSSR count). The largest absolute Gasteiger partial charge is 0.465 e. The predicted molar refractivity (Wildman–Crippen MR) is 190 cm³/mol. The fourth-order valence-corrected chi connectivity index (χ4v) is 8.63. The third-order valence-electron chi connectivity index (χ3n) is 10.7. The number of fused-ring (bicyclic) bond motifs is 1. The topological polar surface area (TPSA) is 174 Å². The van der Waals surface area contributed by atoms with Gasteiger partial charge in [-0.2, -0.15) is 0 Å². The molecule has 1 aliphatic heterocycles. The Balaban J connectivity index is 1.61. The average Bonchev–Trinajstić information content (AvgIpc) is 3.34. The molecule has 3 aromatic rings. The first-order valence-electron chi connectivity index (χ1n) is 17.7. The maximum absolute atomic E-state index is 14.2. The molecule has 13 heteroatoms. The lowest BCUT2D eigenvalue weighted by atomic mass is 9.46. The van der Waals surface area contributed by atoms with E-state index in [-0.39, 0.29) is 24.0 Å². The average molecular weight is 742 g/mol. The number of ether oxygens (including phenoxy) is 6. The van der Waals surface area contributed by atoms with E-state index in [2.05, 4.69) is 4.98 Å². The van der Waals surface area contributed by atoms with Gasteiger partial charge in [-0.3, -0.25) is 14.6 Å². The Hall–Kier alpha value is -5.40. The standard InChI is InChI=1S/C41H43NO12/c1-25(43)49-24-40-30(51-31(45)19-18-27-13-8-6-9-14-27)20-21-39(5,48)41(40)34(50-26(2)44)32(38(3,4)54-41)33(52-37(47)29-17-12-22-42-23-29)35(40)53-36(46)28-15-10-7-11-16-28/h6-19,22-23,30,32-35,48H,20-21,24H2,1-5H3/b19-18-/t30-,32+,33-,34+,35+,39-,40-,41-/m0/s1. The van der Waals surface area contributed by atoms with Crippen molar-refractivity contribution in [1.82, 2.24) is 4.98 Å². The van der Waals surface area contributed by atoms with E-state index >= 15 is 0 Å². The second-order valence-electron chi connectivity index (χ2n) is 14.6. The van der Waals surface area contributed by atoms with E-state index in [9.17, 15) is 29.1 Å². The molecule has 0 radical (unpaired) electrons. The fourth-order valence-electron chi connectivity index (χ4n) is 8.63. The van der Waals surface area contributed by atoms with Crippen molar-refractivity contribution in [3.05, 3.63) is 108 Å². The molecule has 2 aromatic carbocycles. The highest BCUT2D eigenvalue weighted by Crippen LogP contribution is 2.69. The zero-order valence-corrected chi connectivity index (χ0v) is 30.6. The summed E-state index contributed by atoms with van der Waals surface area (Å²) < 4.78 is 37.8. The van der Waals surface area contributed by atoms with Gasteiger partial charge in [0.15, 0.2) is 11.7 Å². The van der Waals surface area contributed by atoms with Gasteiger partial charge in [-0.25, -0.2) is 14.4 Å². The van der Waals surface area contributed by atoms with Gasteiger partial charge in [0.1, 0.15) is 30.3 Å². The molecular weight excluding hydrogens is 698 g/mol. The second kappa shape index (κ2) is 14.8. The Bertz CT molecular complexity index is 1910. The van der Waals surface area contributed by atoms with Crippen LogP contribution in [-0.2, 0) is 42.8 Å². The molecule has 1 spiro atoms. The minimum atomic E-state index is -2.10. The molecule has 0 unspecified atom stereocenters. The Morgan fingerprint density at radius 2 is 1.46 bits per heavy atom. The lowest BCUT2D eigenvalue weighted by Crippen LogP contribution is -2.83. The first-order valence-corrected chi connectivity index (χ1v) is 17.7. The van der Waals surface area contributed by atoms with Crippen LogP contribution in [0.3, 0.4) is 0 Å². The summed E-state index contributed by atoms with van der Waals surface area (Å²) in [5.41, 5.74) is -6.59. The van der Waals surface area contributed by atoms with Gasteiger partial charge in [0.05, 0.1) is 28.2 Å². The summed E-state index contributed by atoms with van der Waals surface area (Å²) in [5.74, 6) is -5.16. The van der Waals surface area contributed by atoms with E-state index < -0.39 is 89.0 Å². The van der Waals surface area contributed by atoms with Crippen molar-refractivity contribution in [2.24, 2.45) is 11.3 Å². The molecule has 1 aromatic heterocycles. The van der Waals surface area contributed by atoms with Crippen LogP contribution >= 0.6 is 0 Å².